The molecule has 1 aromatic carbocycles. The molecule has 0 atom stereocenters. The van der Waals surface area contributed by atoms with Crippen molar-refractivity contribution in [2.45, 2.75) is 33.6 Å². The lowest BCUT2D eigenvalue weighted by Gasteiger charge is -2.29. The largest absolute Gasteiger partial charge is 0.396 e. The first-order chi connectivity index (χ1) is 8.98. The summed E-state index contributed by atoms with van der Waals surface area (Å²) in [5, 5.41) is 12.2. The van der Waals surface area contributed by atoms with E-state index in [4.69, 9.17) is 0 Å². The van der Waals surface area contributed by atoms with Crippen LogP contribution in [0.2, 0.25) is 0 Å². The predicted molar refractivity (Wildman–Crippen MR) is 73.6 cm³/mol. The summed E-state index contributed by atoms with van der Waals surface area (Å²) < 4.78 is 13.2. The number of benzene rings is 1. The molecule has 0 radical (unpaired) electrons. The first-order valence-corrected chi connectivity index (χ1v) is 6.63. The topological polar surface area (TPSA) is 49.3 Å². The Balaban J connectivity index is 2.77. The van der Waals surface area contributed by atoms with Crippen molar-refractivity contribution >= 4 is 5.91 Å². The normalized spacial score (nSPS) is 11.4. The van der Waals surface area contributed by atoms with Gasteiger partial charge in [-0.1, -0.05) is 19.9 Å². The van der Waals surface area contributed by atoms with Crippen LogP contribution in [0.3, 0.4) is 0 Å². The fraction of sp³-hybridized carbons (Fsp3) is 0.533. The number of hydrogen-bond donors (Lipinski definition) is 2. The lowest BCUT2D eigenvalue weighted by atomic mass is 9.83. The monoisotopic (exact) mass is 267 g/mol. The molecule has 0 heterocycles. The third-order valence-electron chi connectivity index (χ3n) is 3.90. The van der Waals surface area contributed by atoms with Crippen molar-refractivity contribution in [3.8, 4) is 0 Å². The zero-order valence-corrected chi connectivity index (χ0v) is 11.8. The fourth-order valence-electron chi connectivity index (χ4n) is 1.98. The number of aryl methyl sites for hydroxylation is 1. The van der Waals surface area contributed by atoms with Gasteiger partial charge in [0, 0.05) is 17.5 Å². The SMILES string of the molecule is CCC(CC)(CO)CNC(=O)c1cc(F)ccc1C. The summed E-state index contributed by atoms with van der Waals surface area (Å²) >= 11 is 0. The van der Waals surface area contributed by atoms with Crippen LogP contribution in [0.1, 0.15) is 42.6 Å². The third-order valence-corrected chi connectivity index (χ3v) is 3.90. The van der Waals surface area contributed by atoms with E-state index in [0.29, 0.717) is 12.1 Å². The predicted octanol–water partition coefficient (Wildman–Crippen LogP) is 2.66. The molecule has 0 unspecified atom stereocenters. The quantitative estimate of drug-likeness (QED) is 0.832. The number of amides is 1. The van der Waals surface area contributed by atoms with Crippen LogP contribution in [0.25, 0.3) is 0 Å². The fourth-order valence-corrected chi connectivity index (χ4v) is 1.98. The first kappa shape index (κ1) is 15.6. The molecule has 0 aliphatic heterocycles. The number of aliphatic hydroxyl groups excluding tert-OH is 1. The molecule has 0 fully saturated rings. The second-order valence-corrected chi connectivity index (χ2v) is 5.01. The van der Waals surface area contributed by atoms with E-state index in [9.17, 15) is 14.3 Å². The summed E-state index contributed by atoms with van der Waals surface area (Å²) in [7, 11) is 0. The molecular weight excluding hydrogens is 245 g/mol. The molecule has 1 rings (SSSR count). The van der Waals surface area contributed by atoms with Crippen LogP contribution in [0.4, 0.5) is 4.39 Å². The lowest BCUT2D eigenvalue weighted by Crippen LogP contribution is -2.39. The standard InChI is InChI=1S/C15H22FNO2/c1-4-15(5-2,10-18)9-17-14(19)13-8-12(16)7-6-11(13)3/h6-8,18H,4-5,9-10H2,1-3H3,(H,17,19). The van der Waals surface area contributed by atoms with Crippen molar-refractivity contribution in [3.05, 3.63) is 35.1 Å². The highest BCUT2D eigenvalue weighted by atomic mass is 19.1. The van der Waals surface area contributed by atoms with Crippen molar-refractivity contribution in [2.24, 2.45) is 5.41 Å². The number of hydrogen-bond acceptors (Lipinski definition) is 2. The number of rotatable bonds is 6. The first-order valence-electron chi connectivity index (χ1n) is 6.63. The van der Waals surface area contributed by atoms with E-state index in [0.717, 1.165) is 18.4 Å². The van der Waals surface area contributed by atoms with E-state index in [2.05, 4.69) is 5.32 Å². The van der Waals surface area contributed by atoms with Crippen molar-refractivity contribution in [3.63, 3.8) is 0 Å². The van der Waals surface area contributed by atoms with Crippen LogP contribution in [0.15, 0.2) is 18.2 Å². The van der Waals surface area contributed by atoms with Crippen LogP contribution in [0.5, 0.6) is 0 Å². The molecule has 0 spiro atoms. The van der Waals surface area contributed by atoms with E-state index in [-0.39, 0.29) is 17.9 Å². The Morgan fingerprint density at radius 2 is 2.00 bits per heavy atom. The van der Waals surface area contributed by atoms with Crippen molar-refractivity contribution in [1.29, 1.82) is 0 Å². The van der Waals surface area contributed by atoms with Gasteiger partial charge in [0.25, 0.3) is 5.91 Å². The highest BCUT2D eigenvalue weighted by Gasteiger charge is 2.26. The second-order valence-electron chi connectivity index (χ2n) is 5.01. The van der Waals surface area contributed by atoms with Crippen molar-refractivity contribution in [2.75, 3.05) is 13.2 Å². The number of carbonyl (C=O) groups excluding carboxylic acids is 1. The molecule has 0 saturated carbocycles. The summed E-state index contributed by atoms with van der Waals surface area (Å²) in [5.74, 6) is -0.716. The smallest absolute Gasteiger partial charge is 0.251 e. The average Bonchev–Trinajstić information content (AvgIpc) is 2.43. The molecule has 106 valence electrons. The molecule has 4 heteroatoms. The zero-order chi connectivity index (χ0) is 14.5. The summed E-state index contributed by atoms with van der Waals surface area (Å²) in [6, 6.07) is 4.16. The molecule has 19 heavy (non-hydrogen) atoms. The molecule has 0 bridgehead atoms. The number of nitrogens with one attached hydrogen (secondary N) is 1. The lowest BCUT2D eigenvalue weighted by molar-refractivity contribution is 0.0850. The minimum atomic E-state index is -0.421. The van der Waals surface area contributed by atoms with Crippen LogP contribution in [-0.2, 0) is 0 Å². The third kappa shape index (κ3) is 3.77. The number of aliphatic hydroxyl groups is 1. The van der Waals surface area contributed by atoms with Gasteiger partial charge in [-0.05, 0) is 37.5 Å². The summed E-state index contributed by atoms with van der Waals surface area (Å²) in [6.07, 6.45) is 1.56. The Hall–Kier alpha value is -1.42. The molecule has 0 aromatic heterocycles. The minimum absolute atomic E-state index is 0.0302. The van der Waals surface area contributed by atoms with Crippen LogP contribution in [0, 0.1) is 18.2 Å². The summed E-state index contributed by atoms with van der Waals surface area (Å²) in [6.45, 7) is 6.17. The molecule has 0 saturated heterocycles. The van der Waals surface area contributed by atoms with Gasteiger partial charge in [0.1, 0.15) is 5.82 Å². The van der Waals surface area contributed by atoms with E-state index < -0.39 is 5.82 Å². The van der Waals surface area contributed by atoms with E-state index in [1.54, 1.807) is 13.0 Å². The maximum Gasteiger partial charge on any atom is 0.251 e. The van der Waals surface area contributed by atoms with Gasteiger partial charge >= 0.3 is 0 Å². The Labute approximate surface area is 113 Å². The Bertz CT molecular complexity index is 434. The number of halogens is 1. The van der Waals surface area contributed by atoms with Crippen LogP contribution < -0.4 is 5.32 Å². The van der Waals surface area contributed by atoms with Crippen LogP contribution in [-0.4, -0.2) is 24.2 Å². The van der Waals surface area contributed by atoms with Crippen LogP contribution >= 0.6 is 0 Å². The molecular formula is C15H22FNO2. The molecule has 0 aliphatic carbocycles. The van der Waals surface area contributed by atoms with Crippen molar-refractivity contribution in [1.82, 2.24) is 5.32 Å². The van der Waals surface area contributed by atoms with E-state index in [1.807, 2.05) is 13.8 Å². The molecule has 0 aliphatic rings. The molecule has 2 N–H and O–H groups in total. The highest BCUT2D eigenvalue weighted by Crippen LogP contribution is 2.24. The highest BCUT2D eigenvalue weighted by molar-refractivity contribution is 5.95. The number of carbonyl (C=O) groups is 1. The maximum atomic E-state index is 13.2. The minimum Gasteiger partial charge on any atom is -0.396 e. The van der Waals surface area contributed by atoms with Gasteiger partial charge in [-0.3, -0.25) is 4.79 Å². The second kappa shape index (κ2) is 6.66. The maximum absolute atomic E-state index is 13.2. The Morgan fingerprint density at radius 1 is 1.37 bits per heavy atom. The Kier molecular flexibility index (Phi) is 5.48. The average molecular weight is 267 g/mol. The summed E-state index contributed by atoms with van der Waals surface area (Å²) in [5.41, 5.74) is 0.789. The van der Waals surface area contributed by atoms with Gasteiger partial charge < -0.3 is 10.4 Å². The van der Waals surface area contributed by atoms with Gasteiger partial charge in [-0.2, -0.15) is 0 Å². The van der Waals surface area contributed by atoms with Gasteiger partial charge in [0.15, 0.2) is 0 Å². The van der Waals surface area contributed by atoms with E-state index in [1.165, 1.54) is 12.1 Å². The summed E-state index contributed by atoms with van der Waals surface area (Å²) in [4.78, 5) is 12.1. The van der Waals surface area contributed by atoms with E-state index >= 15 is 0 Å². The van der Waals surface area contributed by atoms with Gasteiger partial charge in [0.05, 0.1) is 6.61 Å². The van der Waals surface area contributed by atoms with Gasteiger partial charge in [-0.25, -0.2) is 4.39 Å². The molecule has 3 nitrogen and oxygen atoms in total. The van der Waals surface area contributed by atoms with Gasteiger partial charge in [0.2, 0.25) is 0 Å². The van der Waals surface area contributed by atoms with Gasteiger partial charge in [-0.15, -0.1) is 0 Å². The molecule has 1 aromatic rings. The van der Waals surface area contributed by atoms with Crippen molar-refractivity contribution < 1.29 is 14.3 Å². The zero-order valence-electron chi connectivity index (χ0n) is 11.8. The Morgan fingerprint density at radius 3 is 2.53 bits per heavy atom. The molecule has 1 amide bonds.